The lowest BCUT2D eigenvalue weighted by Gasteiger charge is -2.29. The van der Waals surface area contributed by atoms with Crippen molar-refractivity contribution in [3.05, 3.63) is 65.0 Å². The third-order valence-electron chi connectivity index (χ3n) is 5.83. The quantitative estimate of drug-likeness (QED) is 0.278. The lowest BCUT2D eigenvalue weighted by Crippen LogP contribution is -2.16. The van der Waals surface area contributed by atoms with E-state index >= 15 is 0 Å². The summed E-state index contributed by atoms with van der Waals surface area (Å²) in [5, 5.41) is 0. The van der Waals surface area contributed by atoms with Crippen LogP contribution in [0, 0.1) is 23.4 Å². The van der Waals surface area contributed by atoms with Crippen LogP contribution in [-0.4, -0.2) is 5.97 Å². The van der Waals surface area contributed by atoms with Gasteiger partial charge in [0.1, 0.15) is 28.8 Å². The maximum absolute atomic E-state index is 14.6. The molecule has 0 aromatic heterocycles. The predicted octanol–water partition coefficient (Wildman–Crippen LogP) is 7.18. The summed E-state index contributed by atoms with van der Waals surface area (Å²) >= 11 is 0. The highest BCUT2D eigenvalue weighted by Crippen LogP contribution is 2.38. The van der Waals surface area contributed by atoms with Crippen LogP contribution < -0.4 is 4.74 Å². The first-order valence-corrected chi connectivity index (χ1v) is 10.4. The average Bonchev–Trinajstić information content (AvgIpc) is 2.70. The van der Waals surface area contributed by atoms with E-state index in [0.29, 0.717) is 11.5 Å². The minimum atomic E-state index is -1.13. The van der Waals surface area contributed by atoms with Crippen LogP contribution in [0.2, 0.25) is 0 Å². The van der Waals surface area contributed by atoms with E-state index in [2.05, 4.69) is 6.92 Å². The van der Waals surface area contributed by atoms with Gasteiger partial charge >= 0.3 is 5.97 Å². The van der Waals surface area contributed by atoms with Crippen molar-refractivity contribution in [3.63, 3.8) is 0 Å². The Morgan fingerprint density at radius 1 is 0.966 bits per heavy atom. The summed E-state index contributed by atoms with van der Waals surface area (Å²) in [4.78, 5) is 12.2. The highest BCUT2D eigenvalue weighted by Gasteiger charge is 2.26. The fourth-order valence-corrected chi connectivity index (χ4v) is 4.15. The molecule has 0 heterocycles. The van der Waals surface area contributed by atoms with E-state index in [9.17, 15) is 18.0 Å². The molecular formula is C24H27F3O2. The molecule has 3 rings (SSSR count). The molecule has 0 bridgehead atoms. The molecule has 0 unspecified atom stereocenters. The number of ether oxygens (including phenoxy) is 1. The SMILES string of the molecule is CCCCCC1CCC(c2cc(F)c(C(=O)Oc3ccc(F)cc3)c(F)c2)CC1. The normalized spacial score (nSPS) is 19.2. The second kappa shape index (κ2) is 9.95. The number of carbonyl (C=O) groups excluding carboxylic acids is 1. The average molecular weight is 404 g/mol. The molecule has 2 aromatic carbocycles. The molecule has 0 saturated heterocycles. The first kappa shape index (κ1) is 21.4. The molecule has 5 heteroatoms. The lowest BCUT2D eigenvalue weighted by molar-refractivity contribution is 0.0724. The standard InChI is InChI=1S/C24H27F3O2/c1-2-3-4-5-16-6-8-17(9-7-16)18-14-21(26)23(22(27)15-18)24(28)29-20-12-10-19(25)11-13-20/h10-17H,2-9H2,1H3. The highest BCUT2D eigenvalue weighted by molar-refractivity contribution is 5.91. The predicted molar refractivity (Wildman–Crippen MR) is 107 cm³/mol. The number of unbranched alkanes of at least 4 members (excludes halogenated alkanes) is 2. The van der Waals surface area contributed by atoms with Crippen LogP contribution in [0.15, 0.2) is 36.4 Å². The number of hydrogen-bond acceptors (Lipinski definition) is 2. The van der Waals surface area contributed by atoms with Crippen LogP contribution in [0.25, 0.3) is 0 Å². The van der Waals surface area contributed by atoms with Gasteiger partial charge in [-0.25, -0.2) is 18.0 Å². The van der Waals surface area contributed by atoms with Crippen molar-refractivity contribution >= 4 is 5.97 Å². The van der Waals surface area contributed by atoms with Gasteiger partial charge in [-0.05, 0) is 79.5 Å². The van der Waals surface area contributed by atoms with Crippen LogP contribution in [0.5, 0.6) is 5.75 Å². The minimum absolute atomic E-state index is 0.0284. The van der Waals surface area contributed by atoms with Gasteiger partial charge in [-0.3, -0.25) is 0 Å². The van der Waals surface area contributed by atoms with Gasteiger partial charge in [-0.1, -0.05) is 32.6 Å². The zero-order valence-corrected chi connectivity index (χ0v) is 16.7. The number of rotatable bonds is 7. The van der Waals surface area contributed by atoms with Gasteiger partial charge in [0.15, 0.2) is 0 Å². The summed E-state index contributed by atoms with van der Waals surface area (Å²) in [6, 6.07) is 7.19. The Morgan fingerprint density at radius 2 is 1.59 bits per heavy atom. The highest BCUT2D eigenvalue weighted by atomic mass is 19.1. The zero-order valence-electron chi connectivity index (χ0n) is 16.7. The van der Waals surface area contributed by atoms with Crippen LogP contribution in [0.3, 0.4) is 0 Å². The van der Waals surface area contributed by atoms with Crippen molar-refractivity contribution in [2.75, 3.05) is 0 Å². The largest absolute Gasteiger partial charge is 0.423 e. The number of hydrogen-bond donors (Lipinski definition) is 0. The summed E-state index contributed by atoms with van der Waals surface area (Å²) in [6.07, 6.45) is 8.93. The monoisotopic (exact) mass is 404 g/mol. The Morgan fingerprint density at radius 3 is 2.17 bits per heavy atom. The van der Waals surface area contributed by atoms with Crippen molar-refractivity contribution < 1.29 is 22.7 Å². The van der Waals surface area contributed by atoms with Crippen LogP contribution in [0.4, 0.5) is 13.2 Å². The van der Waals surface area contributed by atoms with Gasteiger partial charge in [0.05, 0.1) is 0 Å². The van der Waals surface area contributed by atoms with Gasteiger partial charge in [0.2, 0.25) is 0 Å². The molecule has 1 saturated carbocycles. The zero-order chi connectivity index (χ0) is 20.8. The van der Waals surface area contributed by atoms with Gasteiger partial charge in [0.25, 0.3) is 0 Å². The van der Waals surface area contributed by atoms with Gasteiger partial charge in [-0.15, -0.1) is 0 Å². The maximum Gasteiger partial charge on any atom is 0.349 e. The molecule has 2 nitrogen and oxygen atoms in total. The summed E-state index contributed by atoms with van der Waals surface area (Å²) < 4.78 is 47.0. The third kappa shape index (κ3) is 5.62. The summed E-state index contributed by atoms with van der Waals surface area (Å²) in [7, 11) is 0. The second-order valence-electron chi connectivity index (χ2n) is 7.92. The summed E-state index contributed by atoms with van der Waals surface area (Å²) in [6.45, 7) is 2.19. The molecule has 156 valence electrons. The molecular weight excluding hydrogens is 377 g/mol. The van der Waals surface area contributed by atoms with Crippen LogP contribution >= 0.6 is 0 Å². The smallest absolute Gasteiger partial charge is 0.349 e. The molecule has 0 N–H and O–H groups in total. The molecule has 0 spiro atoms. The molecule has 0 atom stereocenters. The molecule has 1 fully saturated rings. The van der Waals surface area contributed by atoms with E-state index < -0.39 is 29.0 Å². The Balaban J connectivity index is 1.65. The van der Waals surface area contributed by atoms with Gasteiger partial charge < -0.3 is 4.74 Å². The third-order valence-corrected chi connectivity index (χ3v) is 5.83. The van der Waals surface area contributed by atoms with E-state index in [4.69, 9.17) is 4.74 Å². The first-order chi connectivity index (χ1) is 14.0. The van der Waals surface area contributed by atoms with E-state index in [1.54, 1.807) is 0 Å². The molecule has 1 aliphatic rings. The van der Waals surface area contributed by atoms with E-state index in [1.165, 1.54) is 49.9 Å². The van der Waals surface area contributed by atoms with E-state index in [0.717, 1.165) is 37.8 Å². The van der Waals surface area contributed by atoms with Crippen LogP contribution in [0.1, 0.15) is 80.1 Å². The molecule has 0 amide bonds. The second-order valence-corrected chi connectivity index (χ2v) is 7.92. The minimum Gasteiger partial charge on any atom is -0.423 e. The van der Waals surface area contributed by atoms with E-state index in [-0.39, 0.29) is 11.7 Å². The number of benzene rings is 2. The Labute approximate surface area is 170 Å². The Bertz CT molecular complexity index is 802. The van der Waals surface area contributed by atoms with Crippen molar-refractivity contribution in [2.24, 2.45) is 5.92 Å². The van der Waals surface area contributed by atoms with Crippen molar-refractivity contribution in [1.82, 2.24) is 0 Å². The molecule has 0 radical (unpaired) electrons. The molecule has 2 aromatic rings. The van der Waals surface area contributed by atoms with Crippen LogP contribution in [-0.2, 0) is 0 Å². The van der Waals surface area contributed by atoms with Crippen molar-refractivity contribution in [2.45, 2.75) is 64.2 Å². The van der Waals surface area contributed by atoms with E-state index in [1.807, 2.05) is 0 Å². The Kier molecular flexibility index (Phi) is 7.34. The van der Waals surface area contributed by atoms with Crippen molar-refractivity contribution in [3.8, 4) is 5.75 Å². The summed E-state index contributed by atoms with van der Waals surface area (Å²) in [5.74, 6) is -2.61. The molecule has 29 heavy (non-hydrogen) atoms. The molecule has 0 aliphatic heterocycles. The number of carbonyl (C=O) groups is 1. The Hall–Kier alpha value is -2.30. The molecule has 1 aliphatic carbocycles. The fourth-order valence-electron chi connectivity index (χ4n) is 4.15. The first-order valence-electron chi connectivity index (χ1n) is 10.4. The number of halogens is 3. The lowest BCUT2D eigenvalue weighted by atomic mass is 9.77. The summed E-state index contributed by atoms with van der Waals surface area (Å²) in [5.41, 5.74) is -0.114. The number of esters is 1. The van der Waals surface area contributed by atoms with Gasteiger partial charge in [0, 0.05) is 0 Å². The fraction of sp³-hybridized carbons (Fsp3) is 0.458. The topological polar surface area (TPSA) is 26.3 Å². The van der Waals surface area contributed by atoms with Gasteiger partial charge in [-0.2, -0.15) is 0 Å². The maximum atomic E-state index is 14.6. The van der Waals surface area contributed by atoms with Crippen molar-refractivity contribution in [1.29, 1.82) is 0 Å².